The van der Waals surface area contributed by atoms with Crippen LogP contribution in [0.3, 0.4) is 0 Å². The van der Waals surface area contributed by atoms with Gasteiger partial charge in [0.2, 0.25) is 0 Å². The second-order valence-corrected chi connectivity index (χ2v) is 3.47. The molecule has 0 bridgehead atoms. The molecule has 1 N–H and O–H groups in total. The number of methoxy groups -OCH3 is 1. The fourth-order valence-electron chi connectivity index (χ4n) is 1.75. The van der Waals surface area contributed by atoms with E-state index in [4.69, 9.17) is 9.84 Å². The largest absolute Gasteiger partial charge is 0.494 e. The minimum Gasteiger partial charge on any atom is -0.494 e. The zero-order chi connectivity index (χ0) is 11.7. The van der Waals surface area contributed by atoms with Crippen molar-refractivity contribution in [1.29, 1.82) is 0 Å². The van der Waals surface area contributed by atoms with Crippen molar-refractivity contribution in [2.24, 2.45) is 0 Å². The summed E-state index contributed by atoms with van der Waals surface area (Å²) in [7, 11) is 1.54. The van der Waals surface area contributed by atoms with Gasteiger partial charge in [-0.3, -0.25) is 4.98 Å². The van der Waals surface area contributed by atoms with E-state index in [1.54, 1.807) is 25.4 Å². The van der Waals surface area contributed by atoms with Crippen molar-refractivity contribution in [2.75, 3.05) is 7.11 Å². The molecule has 2 rings (SSSR count). The van der Waals surface area contributed by atoms with Gasteiger partial charge < -0.3 is 9.84 Å². The number of carboxylic acids is 1. The van der Waals surface area contributed by atoms with Gasteiger partial charge in [0.15, 0.2) is 0 Å². The van der Waals surface area contributed by atoms with Gasteiger partial charge in [-0.15, -0.1) is 0 Å². The van der Waals surface area contributed by atoms with Gasteiger partial charge in [-0.05, 0) is 30.7 Å². The van der Waals surface area contributed by atoms with Crippen LogP contribution in [0.15, 0.2) is 24.4 Å². The van der Waals surface area contributed by atoms with Crippen molar-refractivity contribution >= 4 is 16.9 Å². The third-order valence-corrected chi connectivity index (χ3v) is 2.51. The normalized spacial score (nSPS) is 10.4. The molecule has 0 unspecified atom stereocenters. The first-order chi connectivity index (χ1) is 7.65. The van der Waals surface area contributed by atoms with Crippen LogP contribution in [0.5, 0.6) is 5.75 Å². The third-order valence-electron chi connectivity index (χ3n) is 2.51. The molecule has 0 aliphatic rings. The van der Waals surface area contributed by atoms with E-state index in [2.05, 4.69) is 4.98 Å². The number of aryl methyl sites for hydroxylation is 1. The molecule has 0 aliphatic carbocycles. The molecule has 0 fully saturated rings. The lowest BCUT2D eigenvalue weighted by atomic mass is 10.0. The van der Waals surface area contributed by atoms with E-state index in [9.17, 15) is 4.79 Å². The van der Waals surface area contributed by atoms with Crippen molar-refractivity contribution in [1.82, 2.24) is 4.98 Å². The molecule has 0 aliphatic heterocycles. The number of aromatic carboxylic acids is 1. The van der Waals surface area contributed by atoms with E-state index in [0.29, 0.717) is 16.7 Å². The van der Waals surface area contributed by atoms with Crippen molar-refractivity contribution in [3.8, 4) is 5.75 Å². The quantitative estimate of drug-likeness (QED) is 0.838. The number of ether oxygens (including phenoxy) is 1. The number of nitrogens with zero attached hydrogens (tertiary/aromatic N) is 1. The summed E-state index contributed by atoms with van der Waals surface area (Å²) in [5, 5.41) is 9.74. The van der Waals surface area contributed by atoms with Gasteiger partial charge in [-0.1, -0.05) is 0 Å². The summed E-state index contributed by atoms with van der Waals surface area (Å²) < 4.78 is 5.16. The summed E-state index contributed by atoms with van der Waals surface area (Å²) in [6.45, 7) is 1.86. The monoisotopic (exact) mass is 217 g/mol. The lowest BCUT2D eigenvalue weighted by molar-refractivity contribution is 0.0699. The summed E-state index contributed by atoms with van der Waals surface area (Å²) in [5.74, 6) is -0.368. The smallest absolute Gasteiger partial charge is 0.336 e. The van der Waals surface area contributed by atoms with E-state index in [0.717, 1.165) is 5.56 Å². The first-order valence-corrected chi connectivity index (χ1v) is 4.80. The van der Waals surface area contributed by atoms with Crippen LogP contribution in [-0.2, 0) is 0 Å². The molecule has 4 nitrogen and oxygen atoms in total. The highest BCUT2D eigenvalue weighted by Gasteiger charge is 2.14. The minimum atomic E-state index is -0.955. The Labute approximate surface area is 92.5 Å². The molecule has 0 atom stereocenters. The Balaban J connectivity index is 2.92. The average Bonchev–Trinajstić information content (AvgIpc) is 2.28. The van der Waals surface area contributed by atoms with E-state index in [1.807, 2.05) is 6.92 Å². The molecule has 16 heavy (non-hydrogen) atoms. The third kappa shape index (κ3) is 1.48. The predicted octanol–water partition coefficient (Wildman–Crippen LogP) is 2.25. The first kappa shape index (κ1) is 10.4. The van der Waals surface area contributed by atoms with Gasteiger partial charge in [-0.25, -0.2) is 4.79 Å². The second kappa shape index (κ2) is 3.81. The molecule has 4 heteroatoms. The average molecular weight is 217 g/mol. The Morgan fingerprint density at radius 3 is 2.75 bits per heavy atom. The fraction of sp³-hybridized carbons (Fsp3) is 0.167. The number of rotatable bonds is 2. The minimum absolute atomic E-state index is 0.251. The van der Waals surface area contributed by atoms with Gasteiger partial charge in [-0.2, -0.15) is 0 Å². The number of carbonyl (C=O) groups is 1. The molecule has 1 heterocycles. The van der Waals surface area contributed by atoms with Crippen LogP contribution in [0.25, 0.3) is 10.9 Å². The maximum atomic E-state index is 11.1. The fourth-order valence-corrected chi connectivity index (χ4v) is 1.75. The zero-order valence-corrected chi connectivity index (χ0v) is 9.02. The number of hydrogen-bond donors (Lipinski definition) is 1. The van der Waals surface area contributed by atoms with Gasteiger partial charge in [0.05, 0.1) is 12.7 Å². The van der Waals surface area contributed by atoms with Crippen molar-refractivity contribution in [3.63, 3.8) is 0 Å². The first-order valence-electron chi connectivity index (χ1n) is 4.80. The Morgan fingerprint density at radius 1 is 1.38 bits per heavy atom. The molecular weight excluding hydrogens is 206 g/mol. The number of fused-ring (bicyclic) bond motifs is 1. The van der Waals surface area contributed by atoms with Crippen molar-refractivity contribution in [2.45, 2.75) is 6.92 Å². The van der Waals surface area contributed by atoms with E-state index < -0.39 is 5.97 Å². The highest BCUT2D eigenvalue weighted by Crippen LogP contribution is 2.28. The van der Waals surface area contributed by atoms with Crippen LogP contribution >= 0.6 is 0 Å². The summed E-state index contributed by atoms with van der Waals surface area (Å²) in [6, 6.07) is 4.95. The number of aromatic nitrogens is 1. The molecule has 1 aromatic heterocycles. The molecule has 0 amide bonds. The zero-order valence-electron chi connectivity index (χ0n) is 9.02. The van der Waals surface area contributed by atoms with Crippen molar-refractivity contribution < 1.29 is 14.6 Å². The second-order valence-electron chi connectivity index (χ2n) is 3.47. The number of pyridine rings is 1. The maximum absolute atomic E-state index is 11.1. The Bertz CT molecular complexity index is 563. The standard InChI is InChI=1S/C12H11NO3/c1-7-5-6-13-11-9(16-2)4-3-8(10(7)11)12(14)15/h3-6H,1-2H3,(H,14,15). The number of hydrogen-bond acceptors (Lipinski definition) is 3. The van der Waals surface area contributed by atoms with E-state index in [1.165, 1.54) is 6.07 Å². The van der Waals surface area contributed by atoms with E-state index in [-0.39, 0.29) is 5.56 Å². The van der Waals surface area contributed by atoms with E-state index >= 15 is 0 Å². The van der Waals surface area contributed by atoms with Crippen LogP contribution in [0.2, 0.25) is 0 Å². The highest BCUT2D eigenvalue weighted by molar-refractivity contribution is 6.05. The van der Waals surface area contributed by atoms with Gasteiger partial charge in [0.1, 0.15) is 11.3 Å². The lowest BCUT2D eigenvalue weighted by Gasteiger charge is -2.08. The molecule has 0 saturated carbocycles. The van der Waals surface area contributed by atoms with Crippen molar-refractivity contribution in [3.05, 3.63) is 35.5 Å². The number of carboxylic acid groups (broad SMARTS) is 1. The summed E-state index contributed by atoms with van der Waals surface area (Å²) in [6.07, 6.45) is 1.64. The molecule has 0 saturated heterocycles. The highest BCUT2D eigenvalue weighted by atomic mass is 16.5. The Kier molecular flexibility index (Phi) is 2.48. The summed E-state index contributed by atoms with van der Waals surface area (Å²) in [5.41, 5.74) is 1.71. The van der Waals surface area contributed by atoms with Crippen LogP contribution < -0.4 is 4.74 Å². The topological polar surface area (TPSA) is 59.4 Å². The SMILES string of the molecule is COc1ccc(C(=O)O)c2c(C)ccnc12. The molecule has 0 radical (unpaired) electrons. The van der Waals surface area contributed by atoms with Crippen LogP contribution in [0.1, 0.15) is 15.9 Å². The molecule has 1 aromatic carbocycles. The van der Waals surface area contributed by atoms with Crippen LogP contribution in [0.4, 0.5) is 0 Å². The molecule has 0 spiro atoms. The predicted molar refractivity (Wildman–Crippen MR) is 60.0 cm³/mol. The van der Waals surface area contributed by atoms with Gasteiger partial charge in [0.25, 0.3) is 0 Å². The van der Waals surface area contributed by atoms with Gasteiger partial charge in [0, 0.05) is 11.6 Å². The Hall–Kier alpha value is -2.10. The summed E-state index contributed by atoms with van der Waals surface area (Å²) >= 11 is 0. The molecule has 82 valence electrons. The Morgan fingerprint density at radius 2 is 2.12 bits per heavy atom. The van der Waals surface area contributed by atoms with Crippen LogP contribution in [-0.4, -0.2) is 23.2 Å². The number of benzene rings is 1. The lowest BCUT2D eigenvalue weighted by Crippen LogP contribution is -2.00. The maximum Gasteiger partial charge on any atom is 0.336 e. The van der Waals surface area contributed by atoms with Crippen LogP contribution in [0, 0.1) is 6.92 Å². The van der Waals surface area contributed by atoms with Gasteiger partial charge >= 0.3 is 5.97 Å². The summed E-state index contributed by atoms with van der Waals surface area (Å²) in [4.78, 5) is 15.3. The molecular formula is C12H11NO3. The molecule has 2 aromatic rings.